The van der Waals surface area contributed by atoms with Crippen molar-refractivity contribution in [1.82, 2.24) is 4.98 Å². The van der Waals surface area contributed by atoms with Crippen LogP contribution in [-0.2, 0) is 9.47 Å². The van der Waals surface area contributed by atoms with Crippen LogP contribution in [0.25, 0.3) is 0 Å². The number of pyridine rings is 1. The van der Waals surface area contributed by atoms with Crippen molar-refractivity contribution in [2.45, 2.75) is 19.4 Å². The Bertz CT molecular complexity index is 391. The molecule has 0 amide bonds. The van der Waals surface area contributed by atoms with Crippen molar-refractivity contribution >= 4 is 11.8 Å². The first-order valence-electron chi connectivity index (χ1n) is 5.32. The Morgan fingerprint density at radius 1 is 1.47 bits per heavy atom. The summed E-state index contributed by atoms with van der Waals surface area (Å²) in [6, 6.07) is 3.26. The number of nitrogens with one attached hydrogen (secondary N) is 1. The van der Waals surface area contributed by atoms with Crippen LogP contribution in [0.4, 0.5) is 5.82 Å². The van der Waals surface area contributed by atoms with Gasteiger partial charge in [-0.2, -0.15) is 0 Å². The molecule has 0 saturated heterocycles. The van der Waals surface area contributed by atoms with Crippen LogP contribution in [0.5, 0.6) is 0 Å². The zero-order chi connectivity index (χ0) is 12.9. The molecule has 0 aliphatic heterocycles. The lowest BCUT2D eigenvalue weighted by molar-refractivity contribution is 0.0343. The second-order valence-corrected chi connectivity index (χ2v) is 4.24. The van der Waals surface area contributed by atoms with E-state index >= 15 is 0 Å². The zero-order valence-corrected chi connectivity index (χ0v) is 10.6. The summed E-state index contributed by atoms with van der Waals surface area (Å²) in [6.45, 7) is 4.52. The predicted molar refractivity (Wildman–Crippen MR) is 65.2 cm³/mol. The van der Waals surface area contributed by atoms with Crippen LogP contribution in [0.2, 0.25) is 0 Å². The number of aromatic nitrogens is 1. The highest BCUT2D eigenvalue weighted by Crippen LogP contribution is 2.11. The molecule has 0 aliphatic rings. The predicted octanol–water partition coefficient (Wildman–Crippen LogP) is 1.71. The Morgan fingerprint density at radius 2 is 2.18 bits per heavy atom. The first-order chi connectivity index (χ1) is 7.98. The van der Waals surface area contributed by atoms with E-state index in [0.29, 0.717) is 17.9 Å². The third-order valence-electron chi connectivity index (χ3n) is 2.43. The lowest BCUT2D eigenvalue weighted by Gasteiger charge is -2.23. The minimum atomic E-state index is -0.374. The fourth-order valence-electron chi connectivity index (χ4n) is 1.15. The maximum absolute atomic E-state index is 11.3. The number of hydrogen-bond acceptors (Lipinski definition) is 5. The smallest absolute Gasteiger partial charge is 0.338 e. The molecule has 0 spiro atoms. The van der Waals surface area contributed by atoms with E-state index in [0.717, 1.165) is 0 Å². The number of carbonyl (C=O) groups is 1. The Balaban J connectivity index is 2.70. The average molecular weight is 238 g/mol. The van der Waals surface area contributed by atoms with Crippen molar-refractivity contribution in [1.29, 1.82) is 0 Å². The summed E-state index contributed by atoms with van der Waals surface area (Å²) in [5.41, 5.74) is 0.184. The number of hydrogen-bond donors (Lipinski definition) is 1. The lowest BCUT2D eigenvalue weighted by Crippen LogP contribution is -2.32. The topological polar surface area (TPSA) is 60.5 Å². The van der Waals surface area contributed by atoms with Crippen LogP contribution in [-0.4, -0.2) is 37.3 Å². The number of esters is 1. The highest BCUT2D eigenvalue weighted by molar-refractivity contribution is 5.89. The van der Waals surface area contributed by atoms with Crippen molar-refractivity contribution < 1.29 is 14.3 Å². The molecule has 94 valence electrons. The minimum absolute atomic E-state index is 0.289. The zero-order valence-electron chi connectivity index (χ0n) is 10.6. The van der Waals surface area contributed by atoms with Crippen LogP contribution >= 0.6 is 0 Å². The third-order valence-corrected chi connectivity index (χ3v) is 2.43. The second-order valence-electron chi connectivity index (χ2n) is 4.24. The van der Waals surface area contributed by atoms with Gasteiger partial charge in [0.05, 0.1) is 18.3 Å². The van der Waals surface area contributed by atoms with Gasteiger partial charge in [-0.25, -0.2) is 9.78 Å². The molecule has 1 aromatic heterocycles. The molecule has 5 heteroatoms. The van der Waals surface area contributed by atoms with Crippen molar-refractivity contribution in [3.05, 3.63) is 23.9 Å². The van der Waals surface area contributed by atoms with Gasteiger partial charge in [0.25, 0.3) is 0 Å². The molecule has 0 atom stereocenters. The van der Waals surface area contributed by atoms with Gasteiger partial charge >= 0.3 is 5.97 Å². The van der Waals surface area contributed by atoms with E-state index in [9.17, 15) is 4.79 Å². The van der Waals surface area contributed by atoms with Crippen molar-refractivity contribution in [3.63, 3.8) is 0 Å². The Kier molecular flexibility index (Phi) is 4.45. The van der Waals surface area contributed by atoms with E-state index in [1.165, 1.54) is 7.11 Å². The molecule has 0 aliphatic carbocycles. The molecule has 0 unspecified atom stereocenters. The summed E-state index contributed by atoms with van der Waals surface area (Å²) in [6.07, 6.45) is 1.56. The van der Waals surface area contributed by atoms with Gasteiger partial charge in [0.15, 0.2) is 0 Å². The molecule has 1 rings (SSSR count). The van der Waals surface area contributed by atoms with E-state index < -0.39 is 0 Å². The van der Waals surface area contributed by atoms with E-state index in [1.54, 1.807) is 25.4 Å². The van der Waals surface area contributed by atoms with Gasteiger partial charge in [0, 0.05) is 19.9 Å². The van der Waals surface area contributed by atoms with Gasteiger partial charge < -0.3 is 14.8 Å². The molecule has 0 saturated carbocycles. The van der Waals surface area contributed by atoms with Crippen LogP contribution in [0.15, 0.2) is 18.3 Å². The number of anilines is 1. The van der Waals surface area contributed by atoms with Gasteiger partial charge in [-0.1, -0.05) is 0 Å². The molecular formula is C12H18N2O3. The SMILES string of the molecule is COC(=O)c1ccnc(NCC(C)(C)OC)c1. The van der Waals surface area contributed by atoms with Crippen molar-refractivity contribution in [2.75, 3.05) is 26.1 Å². The molecule has 5 nitrogen and oxygen atoms in total. The van der Waals surface area contributed by atoms with Gasteiger partial charge in [0.1, 0.15) is 5.82 Å². The number of ether oxygens (including phenoxy) is 2. The van der Waals surface area contributed by atoms with E-state index in [4.69, 9.17) is 4.74 Å². The quantitative estimate of drug-likeness (QED) is 0.791. The normalized spacial score (nSPS) is 11.1. The van der Waals surface area contributed by atoms with E-state index in [-0.39, 0.29) is 11.6 Å². The van der Waals surface area contributed by atoms with Gasteiger partial charge in [-0.3, -0.25) is 0 Å². The Morgan fingerprint density at radius 3 is 2.76 bits per heavy atom. The third kappa shape index (κ3) is 4.03. The van der Waals surface area contributed by atoms with Crippen LogP contribution in [0.1, 0.15) is 24.2 Å². The molecule has 0 bridgehead atoms. The minimum Gasteiger partial charge on any atom is -0.465 e. The molecular weight excluding hydrogens is 220 g/mol. The van der Waals surface area contributed by atoms with Crippen LogP contribution < -0.4 is 5.32 Å². The fourth-order valence-corrected chi connectivity index (χ4v) is 1.15. The van der Waals surface area contributed by atoms with Crippen molar-refractivity contribution in [3.8, 4) is 0 Å². The molecule has 1 N–H and O–H groups in total. The highest BCUT2D eigenvalue weighted by Gasteiger charge is 2.16. The van der Waals surface area contributed by atoms with Gasteiger partial charge in [0.2, 0.25) is 0 Å². The van der Waals surface area contributed by atoms with Gasteiger partial charge in [-0.15, -0.1) is 0 Å². The Labute approximate surface area is 101 Å². The lowest BCUT2D eigenvalue weighted by atomic mass is 10.1. The Hall–Kier alpha value is -1.62. The summed E-state index contributed by atoms with van der Waals surface area (Å²) in [5, 5.41) is 3.11. The first-order valence-corrected chi connectivity index (χ1v) is 5.32. The maximum atomic E-state index is 11.3. The van der Waals surface area contributed by atoms with Crippen molar-refractivity contribution in [2.24, 2.45) is 0 Å². The maximum Gasteiger partial charge on any atom is 0.338 e. The summed E-state index contributed by atoms with van der Waals surface area (Å²) in [7, 11) is 3.00. The number of methoxy groups -OCH3 is 2. The molecule has 1 heterocycles. The second kappa shape index (κ2) is 5.63. The molecule has 0 radical (unpaired) electrons. The first kappa shape index (κ1) is 13.4. The monoisotopic (exact) mass is 238 g/mol. The molecule has 0 fully saturated rings. The largest absolute Gasteiger partial charge is 0.465 e. The van der Waals surface area contributed by atoms with E-state index in [2.05, 4.69) is 15.0 Å². The summed E-state index contributed by atoms with van der Waals surface area (Å²) in [4.78, 5) is 15.4. The van der Waals surface area contributed by atoms with Crippen LogP contribution in [0, 0.1) is 0 Å². The summed E-state index contributed by atoms with van der Waals surface area (Å²) < 4.78 is 9.92. The number of carbonyl (C=O) groups excluding carboxylic acids is 1. The van der Waals surface area contributed by atoms with E-state index in [1.807, 2.05) is 13.8 Å². The number of rotatable bonds is 5. The fraction of sp³-hybridized carbons (Fsp3) is 0.500. The van der Waals surface area contributed by atoms with Gasteiger partial charge in [-0.05, 0) is 26.0 Å². The molecule has 17 heavy (non-hydrogen) atoms. The standard InChI is InChI=1S/C12H18N2O3/c1-12(2,17-4)8-14-10-7-9(5-6-13-10)11(15)16-3/h5-7H,8H2,1-4H3,(H,13,14). The summed E-state index contributed by atoms with van der Waals surface area (Å²) >= 11 is 0. The molecule has 0 aromatic carbocycles. The van der Waals surface area contributed by atoms with Crippen LogP contribution in [0.3, 0.4) is 0 Å². The highest BCUT2D eigenvalue weighted by atomic mass is 16.5. The summed E-state index contributed by atoms with van der Waals surface area (Å²) in [5.74, 6) is 0.250. The average Bonchev–Trinajstić information content (AvgIpc) is 2.36. The molecule has 1 aromatic rings. The number of nitrogens with zero attached hydrogens (tertiary/aromatic N) is 1.